The molecule has 9 nitrogen and oxygen atoms in total. The number of ether oxygens (including phenoxy) is 1. The van der Waals surface area contributed by atoms with Gasteiger partial charge >= 0.3 is 12.8 Å². The van der Waals surface area contributed by atoms with E-state index >= 15 is 4.39 Å². The van der Waals surface area contributed by atoms with E-state index in [9.17, 15) is 31.5 Å². The minimum Gasteiger partial charge on any atom is -0.618 e. The second-order valence-corrected chi connectivity index (χ2v) is 9.24. The SMILES string of the molecule is [2H]C([2H])(C[C@@H](c1ccc(-c2c(-n3cc(C(F)(F)F)nn3)ccc(Cl)c2F)c[n+]1[O-])[n+]1cc(-c2ccncc2F)c[nH]1)OC(F)F. The maximum atomic E-state index is 15.4. The monoisotopic (exact) mass is 630 g/mol. The van der Waals surface area contributed by atoms with E-state index in [2.05, 4.69) is 25.1 Å². The van der Waals surface area contributed by atoms with Gasteiger partial charge in [-0.2, -0.15) is 31.8 Å². The fourth-order valence-electron chi connectivity index (χ4n) is 4.26. The molecule has 0 unspecified atom stereocenters. The third-order valence-electron chi connectivity index (χ3n) is 6.19. The van der Waals surface area contributed by atoms with Crippen LogP contribution in [0.15, 0.2) is 67.5 Å². The highest BCUT2D eigenvalue weighted by Crippen LogP contribution is 2.35. The minimum absolute atomic E-state index is 0.0849. The molecule has 4 aromatic heterocycles. The molecule has 0 fully saturated rings. The first-order valence-corrected chi connectivity index (χ1v) is 12.4. The molecule has 1 aromatic carbocycles. The van der Waals surface area contributed by atoms with Gasteiger partial charge in [0.15, 0.2) is 17.7 Å². The van der Waals surface area contributed by atoms with E-state index in [1.807, 2.05) is 0 Å². The molecule has 0 amide bonds. The number of aromatic nitrogens is 7. The number of nitrogens with one attached hydrogen (secondary N) is 1. The first-order chi connectivity index (χ1) is 21.1. The third-order valence-corrected chi connectivity index (χ3v) is 6.49. The summed E-state index contributed by atoms with van der Waals surface area (Å²) in [5, 5.41) is 22.2. The van der Waals surface area contributed by atoms with Crippen LogP contribution < -0.4 is 9.41 Å². The largest absolute Gasteiger partial charge is 0.618 e. The zero-order chi connectivity index (χ0) is 32.7. The van der Waals surface area contributed by atoms with Crippen LogP contribution in [0, 0.1) is 16.8 Å². The van der Waals surface area contributed by atoms with Gasteiger partial charge in [0.1, 0.15) is 5.82 Å². The number of nitrogens with zero attached hydrogens (tertiary/aromatic N) is 6. The van der Waals surface area contributed by atoms with Gasteiger partial charge in [0, 0.05) is 24.2 Å². The molecule has 0 aliphatic rings. The van der Waals surface area contributed by atoms with Crippen molar-refractivity contribution in [3.63, 3.8) is 0 Å². The molecule has 0 spiro atoms. The van der Waals surface area contributed by atoms with Gasteiger partial charge in [0.2, 0.25) is 6.20 Å². The zero-order valence-corrected chi connectivity index (χ0v) is 22.0. The van der Waals surface area contributed by atoms with Crippen LogP contribution >= 0.6 is 11.6 Å². The maximum absolute atomic E-state index is 15.4. The molecule has 0 aliphatic heterocycles. The molecule has 17 heteroatoms. The summed E-state index contributed by atoms with van der Waals surface area (Å²) in [4.78, 5) is 3.66. The lowest BCUT2D eigenvalue weighted by Crippen LogP contribution is -2.48. The van der Waals surface area contributed by atoms with Crippen molar-refractivity contribution in [3.05, 3.63) is 101 Å². The van der Waals surface area contributed by atoms with Crippen molar-refractivity contribution in [1.82, 2.24) is 25.1 Å². The Morgan fingerprint density at radius 3 is 2.58 bits per heavy atom. The third kappa shape index (κ3) is 6.29. The van der Waals surface area contributed by atoms with Gasteiger partial charge in [-0.05, 0) is 24.3 Å². The highest BCUT2D eigenvalue weighted by Gasteiger charge is 2.35. The first kappa shape index (κ1) is 27.3. The highest BCUT2D eigenvalue weighted by molar-refractivity contribution is 6.31. The number of rotatable bonds is 9. The van der Waals surface area contributed by atoms with Crippen LogP contribution in [0.25, 0.3) is 27.9 Å². The number of benzene rings is 1. The summed E-state index contributed by atoms with van der Waals surface area (Å²) < 4.78 is 117. The maximum Gasteiger partial charge on any atom is 0.436 e. The van der Waals surface area contributed by atoms with Crippen LogP contribution in [0.2, 0.25) is 5.02 Å². The molecule has 0 saturated heterocycles. The minimum atomic E-state index is -4.85. The molecular formula is C26H18ClF7N7O2+. The predicted molar refractivity (Wildman–Crippen MR) is 135 cm³/mol. The molecule has 1 atom stereocenters. The van der Waals surface area contributed by atoms with Crippen molar-refractivity contribution in [2.75, 3.05) is 6.56 Å². The molecule has 5 aromatic rings. The number of halogens is 8. The van der Waals surface area contributed by atoms with E-state index in [4.69, 9.17) is 14.3 Å². The van der Waals surface area contributed by atoms with Crippen LogP contribution in [-0.4, -0.2) is 38.2 Å². The number of pyridine rings is 2. The van der Waals surface area contributed by atoms with E-state index in [0.29, 0.717) is 10.9 Å². The smallest absolute Gasteiger partial charge is 0.436 e. The summed E-state index contributed by atoms with van der Waals surface area (Å²) in [6.07, 6.45) is 0.520. The Morgan fingerprint density at radius 2 is 1.91 bits per heavy atom. The Balaban J connectivity index is 1.60. The van der Waals surface area contributed by atoms with E-state index < -0.39 is 59.7 Å². The van der Waals surface area contributed by atoms with Crippen molar-refractivity contribution in [2.24, 2.45) is 0 Å². The summed E-state index contributed by atoms with van der Waals surface area (Å²) in [5.41, 5.74) is -2.17. The fraction of sp³-hybridized carbons (Fsp3) is 0.192. The summed E-state index contributed by atoms with van der Waals surface area (Å²) in [7, 11) is 0. The second-order valence-electron chi connectivity index (χ2n) is 8.83. The molecule has 0 aliphatic carbocycles. The van der Waals surface area contributed by atoms with Crippen LogP contribution in [0.3, 0.4) is 0 Å². The van der Waals surface area contributed by atoms with Gasteiger partial charge in [-0.25, -0.2) is 13.5 Å². The lowest BCUT2D eigenvalue weighted by molar-refractivity contribution is -0.784. The summed E-state index contributed by atoms with van der Waals surface area (Å²) in [6.45, 7) is -6.49. The topological polar surface area (TPSA) is 99.4 Å². The van der Waals surface area contributed by atoms with Crippen LogP contribution in [-0.2, 0) is 10.9 Å². The first-order valence-electron chi connectivity index (χ1n) is 13.0. The number of alkyl halides is 5. The van der Waals surface area contributed by atoms with Crippen LogP contribution in [0.4, 0.5) is 30.7 Å². The molecule has 0 saturated carbocycles. The van der Waals surface area contributed by atoms with Crippen molar-refractivity contribution in [3.8, 4) is 27.9 Å². The van der Waals surface area contributed by atoms with E-state index in [1.165, 1.54) is 30.7 Å². The number of H-pyrrole nitrogens is 1. The quantitative estimate of drug-likeness (QED) is 0.133. The Morgan fingerprint density at radius 1 is 1.12 bits per heavy atom. The van der Waals surface area contributed by atoms with Crippen molar-refractivity contribution in [1.29, 1.82) is 0 Å². The van der Waals surface area contributed by atoms with Gasteiger partial charge in [0.25, 0.3) is 11.7 Å². The van der Waals surface area contributed by atoms with E-state index in [-0.39, 0.29) is 32.8 Å². The average Bonchev–Trinajstić information content (AvgIpc) is 3.64. The number of hydrogen-bond acceptors (Lipinski definition) is 5. The number of hydrogen-bond donors (Lipinski definition) is 1. The Kier molecular flexibility index (Phi) is 7.59. The Labute approximate surface area is 245 Å². The normalized spacial score (nSPS) is 13.7. The standard InChI is InChI=1S/C26H17ClF7N7O2/c27-17-2-4-21(40-13-22(37-38-40)26(32,33)34)23(24(17)29)14-1-3-20(41(42)12-14)19(6-8-43-25(30)31)39-11-15(9-36-39)16-5-7-35-10-18(16)28/h1-5,7,9-13,19,25H,6,8H2/p+1/t19-/m0/s1/i8D2. The fourth-order valence-corrected chi connectivity index (χ4v) is 4.41. The van der Waals surface area contributed by atoms with Gasteiger partial charge in [-0.15, -0.1) is 9.78 Å². The lowest BCUT2D eigenvalue weighted by atomic mass is 10.0. The molecule has 224 valence electrons. The predicted octanol–water partition coefficient (Wildman–Crippen LogP) is 5.41. The highest BCUT2D eigenvalue weighted by atomic mass is 35.5. The van der Waals surface area contributed by atoms with Gasteiger partial charge in [-0.3, -0.25) is 4.98 Å². The van der Waals surface area contributed by atoms with Gasteiger partial charge < -0.3 is 9.94 Å². The Hall–Kier alpha value is -4.57. The molecule has 4 heterocycles. The van der Waals surface area contributed by atoms with Crippen molar-refractivity contribution >= 4 is 11.6 Å². The van der Waals surface area contributed by atoms with Gasteiger partial charge in [0.05, 0.1) is 55.3 Å². The van der Waals surface area contributed by atoms with E-state index in [1.54, 1.807) is 0 Å². The van der Waals surface area contributed by atoms with E-state index in [0.717, 1.165) is 35.3 Å². The average molecular weight is 631 g/mol. The van der Waals surface area contributed by atoms with Crippen molar-refractivity contribution < 1.29 is 47.6 Å². The van der Waals surface area contributed by atoms with Crippen LogP contribution in [0.1, 0.15) is 26.6 Å². The summed E-state index contributed by atoms with van der Waals surface area (Å²) >= 11 is 5.94. The van der Waals surface area contributed by atoms with Crippen molar-refractivity contribution in [2.45, 2.75) is 25.3 Å². The Bertz CT molecular complexity index is 1850. The molecular weight excluding hydrogens is 611 g/mol. The summed E-state index contributed by atoms with van der Waals surface area (Å²) in [5.74, 6) is -1.80. The number of aromatic amines is 1. The molecule has 0 bridgehead atoms. The molecule has 5 rings (SSSR count). The molecule has 43 heavy (non-hydrogen) atoms. The second kappa shape index (κ2) is 12.0. The molecule has 1 N–H and O–H groups in total. The molecule has 0 radical (unpaired) electrons. The lowest BCUT2D eigenvalue weighted by Gasteiger charge is -2.14. The zero-order valence-electron chi connectivity index (χ0n) is 23.2. The summed E-state index contributed by atoms with van der Waals surface area (Å²) in [6, 6.07) is 4.50. The van der Waals surface area contributed by atoms with Crippen LogP contribution in [0.5, 0.6) is 0 Å². The van der Waals surface area contributed by atoms with Gasteiger partial charge in [-0.1, -0.05) is 16.8 Å².